The molecule has 1 aliphatic heterocycles. The van der Waals surface area contributed by atoms with E-state index in [0.717, 1.165) is 34.4 Å². The second-order valence-corrected chi connectivity index (χ2v) is 7.24. The molecule has 28 heavy (non-hydrogen) atoms. The Hall–Kier alpha value is -2.93. The van der Waals surface area contributed by atoms with Crippen LogP contribution in [0.2, 0.25) is 0 Å². The van der Waals surface area contributed by atoms with Crippen LogP contribution in [0.5, 0.6) is 0 Å². The maximum Gasteiger partial charge on any atom is 0.340 e. The lowest BCUT2D eigenvalue weighted by Crippen LogP contribution is -2.18. The number of rotatable bonds is 4. The van der Waals surface area contributed by atoms with E-state index in [4.69, 9.17) is 9.47 Å². The molecule has 0 radical (unpaired) electrons. The number of H-pyrrole nitrogens is 1. The Labute approximate surface area is 162 Å². The van der Waals surface area contributed by atoms with Crippen molar-refractivity contribution in [3.63, 3.8) is 0 Å². The van der Waals surface area contributed by atoms with E-state index in [1.807, 2.05) is 39.0 Å². The summed E-state index contributed by atoms with van der Waals surface area (Å²) >= 11 is 0. The molecule has 4 rings (SSSR count). The highest BCUT2D eigenvalue weighted by atomic mass is 16.5. The number of fused-ring (bicyclic) bond motifs is 1. The van der Waals surface area contributed by atoms with Gasteiger partial charge in [-0.05, 0) is 51.0 Å². The minimum atomic E-state index is -0.451. The maximum absolute atomic E-state index is 13.0. The Morgan fingerprint density at radius 3 is 2.93 bits per heavy atom. The number of hydrogen-bond acceptors (Lipinski definition) is 5. The largest absolute Gasteiger partial charge is 0.457 e. The Kier molecular flexibility index (Phi) is 4.77. The summed E-state index contributed by atoms with van der Waals surface area (Å²) in [6, 6.07) is 5.71. The number of pyridine rings is 2. The summed E-state index contributed by atoms with van der Waals surface area (Å²) in [7, 11) is 0. The quantitative estimate of drug-likeness (QED) is 0.702. The molecule has 0 aromatic carbocycles. The van der Waals surface area contributed by atoms with E-state index in [9.17, 15) is 9.59 Å². The zero-order valence-corrected chi connectivity index (χ0v) is 16.2. The molecule has 3 aromatic rings. The summed E-state index contributed by atoms with van der Waals surface area (Å²) in [4.78, 5) is 32.4. The zero-order valence-electron chi connectivity index (χ0n) is 16.2. The fourth-order valence-electron chi connectivity index (χ4n) is 3.96. The van der Waals surface area contributed by atoms with E-state index in [1.54, 1.807) is 6.20 Å². The molecule has 1 fully saturated rings. The average molecular weight is 381 g/mol. The number of carbonyl (C=O) groups excluding carboxylic acids is 1. The third kappa shape index (κ3) is 3.11. The highest BCUT2D eigenvalue weighted by Gasteiger charge is 2.28. The van der Waals surface area contributed by atoms with Gasteiger partial charge in [0.25, 0.3) is 5.56 Å². The molecule has 1 aliphatic rings. The van der Waals surface area contributed by atoms with Crippen molar-refractivity contribution in [1.82, 2.24) is 14.5 Å². The second-order valence-electron chi connectivity index (χ2n) is 7.24. The topological polar surface area (TPSA) is 86.2 Å². The Bertz CT molecular complexity index is 1110. The van der Waals surface area contributed by atoms with E-state index in [1.165, 1.54) is 0 Å². The van der Waals surface area contributed by atoms with Crippen LogP contribution >= 0.6 is 0 Å². The van der Waals surface area contributed by atoms with Gasteiger partial charge in [-0.2, -0.15) is 0 Å². The van der Waals surface area contributed by atoms with Gasteiger partial charge in [-0.1, -0.05) is 0 Å². The summed E-state index contributed by atoms with van der Waals surface area (Å²) in [5, 5.41) is 0.756. The Balaban J connectivity index is 1.68. The second kappa shape index (κ2) is 7.24. The molecule has 3 aromatic heterocycles. The van der Waals surface area contributed by atoms with Crippen LogP contribution in [0.25, 0.3) is 11.0 Å². The number of aromatic amines is 1. The average Bonchev–Trinajstić information content (AvgIpc) is 3.25. The van der Waals surface area contributed by atoms with Gasteiger partial charge in [0.2, 0.25) is 0 Å². The van der Waals surface area contributed by atoms with E-state index in [0.29, 0.717) is 24.3 Å². The third-order valence-corrected chi connectivity index (χ3v) is 5.32. The highest BCUT2D eigenvalue weighted by Crippen LogP contribution is 2.31. The van der Waals surface area contributed by atoms with Crippen molar-refractivity contribution in [2.24, 2.45) is 0 Å². The van der Waals surface area contributed by atoms with E-state index in [-0.39, 0.29) is 18.2 Å². The van der Waals surface area contributed by atoms with Gasteiger partial charge in [0.1, 0.15) is 12.3 Å². The van der Waals surface area contributed by atoms with Crippen LogP contribution in [0.15, 0.2) is 29.2 Å². The first kappa shape index (κ1) is 18.4. The smallest absolute Gasteiger partial charge is 0.340 e. The molecule has 1 unspecified atom stereocenters. The minimum Gasteiger partial charge on any atom is -0.457 e. The normalized spacial score (nSPS) is 16.6. The lowest BCUT2D eigenvalue weighted by Gasteiger charge is -2.14. The van der Waals surface area contributed by atoms with Crippen molar-refractivity contribution >= 4 is 17.0 Å². The molecule has 1 N–H and O–H groups in total. The van der Waals surface area contributed by atoms with Gasteiger partial charge in [0.15, 0.2) is 0 Å². The number of carbonyl (C=O) groups is 1. The van der Waals surface area contributed by atoms with Gasteiger partial charge < -0.3 is 19.0 Å². The molecule has 1 saturated heterocycles. The predicted octanol–water partition coefficient (Wildman–Crippen LogP) is 2.97. The van der Waals surface area contributed by atoms with Crippen molar-refractivity contribution in [2.75, 3.05) is 13.2 Å². The predicted molar refractivity (Wildman–Crippen MR) is 105 cm³/mol. The molecule has 0 bridgehead atoms. The number of esters is 1. The molecule has 7 nitrogen and oxygen atoms in total. The molecule has 0 amide bonds. The highest BCUT2D eigenvalue weighted by molar-refractivity contribution is 6.05. The number of aromatic nitrogens is 3. The molecule has 1 atom stereocenters. The fraction of sp³-hybridized carbons (Fsp3) is 0.381. The number of aryl methyl sites for hydroxylation is 2. The van der Waals surface area contributed by atoms with Crippen molar-refractivity contribution in [3.05, 3.63) is 62.8 Å². The van der Waals surface area contributed by atoms with Crippen LogP contribution in [-0.2, 0) is 16.1 Å². The van der Waals surface area contributed by atoms with Gasteiger partial charge in [0, 0.05) is 29.6 Å². The van der Waals surface area contributed by atoms with Gasteiger partial charge >= 0.3 is 5.97 Å². The van der Waals surface area contributed by atoms with E-state index < -0.39 is 5.97 Å². The first-order valence-electron chi connectivity index (χ1n) is 9.37. The van der Waals surface area contributed by atoms with E-state index >= 15 is 0 Å². The number of ether oxygens (including phenoxy) is 2. The lowest BCUT2D eigenvalue weighted by molar-refractivity contribution is 0.0471. The minimum absolute atomic E-state index is 0.0702. The van der Waals surface area contributed by atoms with Crippen LogP contribution in [0.4, 0.5) is 0 Å². The van der Waals surface area contributed by atoms with Crippen LogP contribution < -0.4 is 5.56 Å². The summed E-state index contributed by atoms with van der Waals surface area (Å²) in [6.07, 6.45) is 2.60. The Morgan fingerprint density at radius 1 is 1.39 bits per heavy atom. The molecular weight excluding hydrogens is 358 g/mol. The van der Waals surface area contributed by atoms with Crippen molar-refractivity contribution < 1.29 is 14.3 Å². The molecule has 0 saturated carbocycles. The lowest BCUT2D eigenvalue weighted by atomic mass is 10.1. The molecular formula is C21H23N3O4. The van der Waals surface area contributed by atoms with Crippen LogP contribution in [-0.4, -0.2) is 33.7 Å². The molecule has 0 spiro atoms. The monoisotopic (exact) mass is 381 g/mol. The third-order valence-electron chi connectivity index (χ3n) is 5.32. The fourth-order valence-corrected chi connectivity index (χ4v) is 3.96. The van der Waals surface area contributed by atoms with Gasteiger partial charge in [-0.25, -0.2) is 9.78 Å². The van der Waals surface area contributed by atoms with Gasteiger partial charge in [-0.3, -0.25) is 4.79 Å². The van der Waals surface area contributed by atoms with Crippen LogP contribution in [0.1, 0.15) is 45.3 Å². The maximum atomic E-state index is 13.0. The number of nitrogens with zero attached hydrogens (tertiary/aromatic N) is 2. The van der Waals surface area contributed by atoms with Gasteiger partial charge in [0.05, 0.1) is 23.8 Å². The molecule has 0 aliphatic carbocycles. The summed E-state index contributed by atoms with van der Waals surface area (Å²) in [6.45, 7) is 6.80. The van der Waals surface area contributed by atoms with Crippen molar-refractivity contribution in [2.45, 2.75) is 39.8 Å². The first-order chi connectivity index (χ1) is 13.5. The molecule has 4 heterocycles. The number of nitrogens with one attached hydrogen (secondary N) is 1. The Morgan fingerprint density at radius 2 is 2.21 bits per heavy atom. The summed E-state index contributed by atoms with van der Waals surface area (Å²) in [5.74, 6) is -0.451. The van der Waals surface area contributed by atoms with Crippen molar-refractivity contribution in [3.8, 4) is 0 Å². The van der Waals surface area contributed by atoms with Gasteiger partial charge in [-0.15, -0.1) is 0 Å². The first-order valence-corrected chi connectivity index (χ1v) is 9.37. The van der Waals surface area contributed by atoms with Crippen LogP contribution in [0, 0.1) is 20.8 Å². The van der Waals surface area contributed by atoms with E-state index in [2.05, 4.69) is 14.5 Å². The SMILES string of the molecule is Cc1cc(C)c(COC(=O)c2c(C)n(C3CCOC3)c3ncccc23)c(=O)[nH]1. The zero-order chi connectivity index (χ0) is 19.8. The summed E-state index contributed by atoms with van der Waals surface area (Å²) in [5.41, 5.74) is 3.88. The summed E-state index contributed by atoms with van der Waals surface area (Å²) < 4.78 is 13.1. The molecule has 146 valence electrons. The standard InChI is InChI=1S/C21H23N3O4/c1-12-9-13(2)23-20(25)17(12)11-28-21(26)18-14(3)24(15-6-8-27-10-15)19-16(18)5-4-7-22-19/h4-5,7,9,15H,6,8,10-11H2,1-3H3,(H,23,25). The molecule has 7 heteroatoms. The van der Waals surface area contributed by atoms with Crippen molar-refractivity contribution in [1.29, 1.82) is 0 Å². The van der Waals surface area contributed by atoms with Crippen LogP contribution in [0.3, 0.4) is 0 Å². The number of hydrogen-bond donors (Lipinski definition) is 1.